The number of hydrogen-bond acceptors (Lipinski definition) is 0. The lowest BCUT2D eigenvalue weighted by Crippen LogP contribution is -3.00. The van der Waals surface area contributed by atoms with E-state index >= 15 is 0 Å². The highest BCUT2D eigenvalue weighted by atomic mass is 127. The van der Waals surface area contributed by atoms with E-state index in [4.69, 9.17) is 0 Å². The minimum atomic E-state index is 0. The summed E-state index contributed by atoms with van der Waals surface area (Å²) in [5.74, 6) is 6.39. The van der Waals surface area contributed by atoms with Crippen LogP contribution >= 0.6 is 0 Å². The zero-order chi connectivity index (χ0) is 14.4. The van der Waals surface area contributed by atoms with Crippen molar-refractivity contribution < 1.29 is 56.9 Å². The summed E-state index contributed by atoms with van der Waals surface area (Å²) in [6.45, 7) is 0. The van der Waals surface area contributed by atoms with Crippen molar-refractivity contribution in [1.82, 2.24) is 0 Å². The van der Waals surface area contributed by atoms with Crippen LogP contribution in [0.4, 0.5) is 0 Å². The fraction of sp³-hybridized carbons (Fsp3) is 1.00. The van der Waals surface area contributed by atoms with E-state index in [0.717, 1.165) is 47.6 Å². The summed E-state index contributed by atoms with van der Waals surface area (Å²) >= 11 is 0. The standard InChI is InChI=1S/C18H34N2.2HI/c1-19(2,3)17-11-7-9-13-15(11)16-12(17)8-10-14(16)18(13)20(4,5)6;;/h11-18H,7-10H2,1-6H3;2*1H/q+2;;/p-2. The number of rotatable bonds is 2. The SMILES string of the molecule is C[N+](C)(C)C1C2CCC3C2C2C1CCC2C3[N+](C)(C)C.[I-].[I-]. The highest BCUT2D eigenvalue weighted by Crippen LogP contribution is 2.69. The molecule has 4 unspecified atom stereocenters. The molecular formula is C18H34I2N2. The monoisotopic (exact) mass is 532 g/mol. The molecule has 4 aliphatic rings. The van der Waals surface area contributed by atoms with Crippen molar-refractivity contribution in [2.45, 2.75) is 37.8 Å². The molecule has 4 heteroatoms. The molecule has 4 aliphatic carbocycles. The van der Waals surface area contributed by atoms with Crippen molar-refractivity contribution in [3.63, 3.8) is 0 Å². The van der Waals surface area contributed by atoms with Crippen molar-refractivity contribution >= 4 is 0 Å². The molecule has 130 valence electrons. The van der Waals surface area contributed by atoms with Gasteiger partial charge in [0.2, 0.25) is 0 Å². The number of halogens is 2. The zero-order valence-corrected chi connectivity index (χ0v) is 19.4. The minimum Gasteiger partial charge on any atom is -1.00 e. The third kappa shape index (κ3) is 2.52. The quantitative estimate of drug-likeness (QED) is 0.256. The first-order valence-electron chi connectivity index (χ1n) is 8.83. The van der Waals surface area contributed by atoms with Gasteiger partial charge < -0.3 is 56.9 Å². The molecule has 0 heterocycles. The summed E-state index contributed by atoms with van der Waals surface area (Å²) in [6.07, 6.45) is 6.13. The van der Waals surface area contributed by atoms with E-state index in [9.17, 15) is 0 Å². The minimum absolute atomic E-state index is 0. The van der Waals surface area contributed by atoms with Gasteiger partial charge >= 0.3 is 0 Å². The number of hydrogen-bond donors (Lipinski definition) is 0. The second-order valence-electron chi connectivity index (χ2n) is 10.2. The van der Waals surface area contributed by atoms with Crippen LogP contribution in [-0.2, 0) is 0 Å². The third-order valence-corrected chi connectivity index (χ3v) is 7.63. The molecular weight excluding hydrogens is 498 g/mol. The second kappa shape index (κ2) is 5.97. The lowest BCUT2D eigenvalue weighted by atomic mass is 9.90. The summed E-state index contributed by atoms with van der Waals surface area (Å²) in [6, 6.07) is 1.93. The summed E-state index contributed by atoms with van der Waals surface area (Å²) < 4.78 is 2.44. The Kier molecular flexibility index (Phi) is 5.35. The molecule has 0 bridgehead atoms. The van der Waals surface area contributed by atoms with E-state index in [2.05, 4.69) is 42.3 Å². The normalized spacial score (nSPS) is 48.8. The maximum atomic E-state index is 2.46. The van der Waals surface area contributed by atoms with Crippen LogP contribution in [0.25, 0.3) is 0 Å². The van der Waals surface area contributed by atoms with Gasteiger partial charge in [0.15, 0.2) is 0 Å². The molecule has 0 aromatic rings. The summed E-state index contributed by atoms with van der Waals surface area (Å²) in [7, 11) is 14.8. The maximum absolute atomic E-state index is 2.46. The molecule has 0 aromatic carbocycles. The summed E-state index contributed by atoms with van der Waals surface area (Å²) in [5, 5.41) is 0. The van der Waals surface area contributed by atoms with Gasteiger partial charge in [-0.05, 0) is 37.5 Å². The summed E-state index contributed by atoms with van der Waals surface area (Å²) in [4.78, 5) is 0. The van der Waals surface area contributed by atoms with Crippen LogP contribution in [0.5, 0.6) is 0 Å². The van der Waals surface area contributed by atoms with Gasteiger partial charge in [-0.15, -0.1) is 0 Å². The van der Waals surface area contributed by atoms with Gasteiger partial charge in [0, 0.05) is 23.7 Å². The molecule has 2 nitrogen and oxygen atoms in total. The molecule has 0 aliphatic heterocycles. The van der Waals surface area contributed by atoms with Gasteiger partial charge in [-0.1, -0.05) is 0 Å². The predicted octanol–water partition coefficient (Wildman–Crippen LogP) is -3.54. The van der Waals surface area contributed by atoms with Gasteiger partial charge in [-0.25, -0.2) is 0 Å². The Labute approximate surface area is 171 Å². The van der Waals surface area contributed by atoms with E-state index in [1.807, 2.05) is 0 Å². The van der Waals surface area contributed by atoms with Crippen LogP contribution in [0.15, 0.2) is 0 Å². The van der Waals surface area contributed by atoms with Gasteiger partial charge in [-0.3, -0.25) is 0 Å². The Hall–Kier alpha value is 1.38. The van der Waals surface area contributed by atoms with Crippen LogP contribution in [0, 0.1) is 35.5 Å². The lowest BCUT2D eigenvalue weighted by molar-refractivity contribution is -0.905. The molecule has 0 amide bonds. The first-order valence-corrected chi connectivity index (χ1v) is 8.83. The summed E-state index contributed by atoms with van der Waals surface area (Å²) in [5.41, 5.74) is 0. The Morgan fingerprint density at radius 2 is 0.727 bits per heavy atom. The molecule has 0 N–H and O–H groups in total. The fourth-order valence-electron chi connectivity index (χ4n) is 7.84. The number of quaternary nitrogens is 2. The first-order chi connectivity index (χ1) is 9.21. The highest BCUT2D eigenvalue weighted by Gasteiger charge is 2.72. The van der Waals surface area contributed by atoms with Crippen molar-refractivity contribution in [2.24, 2.45) is 35.5 Å². The van der Waals surface area contributed by atoms with Crippen LogP contribution in [0.1, 0.15) is 25.7 Å². The molecule has 4 fully saturated rings. The Morgan fingerprint density at radius 1 is 0.500 bits per heavy atom. The Morgan fingerprint density at radius 3 is 0.909 bits per heavy atom. The topological polar surface area (TPSA) is 0 Å². The van der Waals surface area contributed by atoms with Crippen LogP contribution in [0.3, 0.4) is 0 Å². The molecule has 4 rings (SSSR count). The van der Waals surface area contributed by atoms with Gasteiger partial charge in [-0.2, -0.15) is 0 Å². The molecule has 0 spiro atoms. The van der Waals surface area contributed by atoms with E-state index in [-0.39, 0.29) is 48.0 Å². The lowest BCUT2D eigenvalue weighted by Gasteiger charge is -2.39. The third-order valence-electron chi connectivity index (χ3n) is 7.63. The molecule has 4 saturated carbocycles. The van der Waals surface area contributed by atoms with E-state index < -0.39 is 0 Å². The predicted molar refractivity (Wildman–Crippen MR) is 83.0 cm³/mol. The molecule has 0 radical (unpaired) electrons. The van der Waals surface area contributed by atoms with Crippen molar-refractivity contribution in [3.05, 3.63) is 0 Å². The van der Waals surface area contributed by atoms with Gasteiger partial charge in [0.1, 0.15) is 0 Å². The van der Waals surface area contributed by atoms with Gasteiger partial charge in [0.05, 0.1) is 54.4 Å². The van der Waals surface area contributed by atoms with Crippen molar-refractivity contribution in [1.29, 1.82) is 0 Å². The van der Waals surface area contributed by atoms with Gasteiger partial charge in [0.25, 0.3) is 0 Å². The Balaban J connectivity index is 0.000000882. The highest BCUT2D eigenvalue weighted by molar-refractivity contribution is 5.16. The van der Waals surface area contributed by atoms with Crippen molar-refractivity contribution in [3.8, 4) is 0 Å². The number of nitrogens with zero attached hydrogens (tertiary/aromatic N) is 2. The fourth-order valence-corrected chi connectivity index (χ4v) is 7.84. The maximum Gasteiger partial charge on any atom is 0.0946 e. The second-order valence-corrected chi connectivity index (χ2v) is 10.2. The molecule has 4 atom stereocenters. The zero-order valence-electron chi connectivity index (χ0n) is 15.1. The van der Waals surface area contributed by atoms with Crippen LogP contribution in [-0.4, -0.2) is 63.3 Å². The van der Waals surface area contributed by atoms with Crippen molar-refractivity contribution in [2.75, 3.05) is 42.3 Å². The van der Waals surface area contributed by atoms with E-state index in [1.165, 1.54) is 34.6 Å². The smallest absolute Gasteiger partial charge is 0.0946 e. The average Bonchev–Trinajstić information content (AvgIpc) is 2.92. The first kappa shape index (κ1) is 19.7. The van der Waals surface area contributed by atoms with Crippen LogP contribution in [0.2, 0.25) is 0 Å². The average molecular weight is 532 g/mol. The Bertz CT molecular complexity index is 362. The molecule has 0 aromatic heterocycles. The molecule has 0 saturated heterocycles. The largest absolute Gasteiger partial charge is 1.00 e. The van der Waals surface area contributed by atoms with Crippen LogP contribution < -0.4 is 48.0 Å². The van der Waals surface area contributed by atoms with E-state index in [1.54, 1.807) is 0 Å². The van der Waals surface area contributed by atoms with E-state index in [0.29, 0.717) is 0 Å². The molecule has 22 heavy (non-hydrogen) atoms.